The molecule has 4 heterocycles. The van der Waals surface area contributed by atoms with Crippen LogP contribution in [0.4, 0.5) is 5.69 Å². The first kappa shape index (κ1) is 21.7. The van der Waals surface area contributed by atoms with Crippen LogP contribution in [0.25, 0.3) is 22.5 Å². The van der Waals surface area contributed by atoms with E-state index < -0.39 is 0 Å². The Bertz CT molecular complexity index is 1320. The third-order valence-corrected chi connectivity index (χ3v) is 6.00. The quantitative estimate of drug-likeness (QED) is 0.482. The molecule has 0 spiro atoms. The zero-order valence-corrected chi connectivity index (χ0v) is 19.1. The third kappa shape index (κ3) is 4.51. The Balaban J connectivity index is 1.44. The fourth-order valence-corrected chi connectivity index (χ4v) is 4.27. The average molecular weight is 451 g/mol. The highest BCUT2D eigenvalue weighted by atomic mass is 15.3. The minimum Gasteiger partial charge on any atom is -0.368 e. The van der Waals surface area contributed by atoms with Crippen molar-refractivity contribution in [2.24, 2.45) is 0 Å². The normalized spacial score (nSPS) is 13.6. The summed E-state index contributed by atoms with van der Waals surface area (Å²) in [5, 5.41) is 17.8. The number of hydrogen-bond donors (Lipinski definition) is 1. The van der Waals surface area contributed by atoms with Gasteiger partial charge in [-0.25, -0.2) is 9.97 Å². The van der Waals surface area contributed by atoms with Crippen molar-refractivity contribution in [1.82, 2.24) is 30.0 Å². The predicted octanol–water partition coefficient (Wildman–Crippen LogP) is 3.29. The van der Waals surface area contributed by atoms with E-state index in [9.17, 15) is 5.26 Å². The monoisotopic (exact) mass is 450 g/mol. The summed E-state index contributed by atoms with van der Waals surface area (Å²) >= 11 is 0. The van der Waals surface area contributed by atoms with Gasteiger partial charge in [0.1, 0.15) is 17.6 Å². The Morgan fingerprint density at radius 3 is 2.76 bits per heavy atom. The van der Waals surface area contributed by atoms with Gasteiger partial charge in [0.2, 0.25) is 0 Å². The van der Waals surface area contributed by atoms with Crippen LogP contribution in [-0.2, 0) is 13.0 Å². The fourth-order valence-electron chi connectivity index (χ4n) is 4.27. The number of piperazine rings is 1. The number of pyridine rings is 1. The number of nitriles is 1. The van der Waals surface area contributed by atoms with E-state index in [1.807, 2.05) is 41.3 Å². The van der Waals surface area contributed by atoms with Gasteiger partial charge in [-0.1, -0.05) is 6.07 Å². The summed E-state index contributed by atoms with van der Waals surface area (Å²) in [5.41, 5.74) is 6.28. The minimum absolute atomic E-state index is 0.550. The van der Waals surface area contributed by atoms with Gasteiger partial charge in [-0.15, -0.1) is 0 Å². The molecule has 4 aromatic rings. The lowest BCUT2D eigenvalue weighted by atomic mass is 10.0. The van der Waals surface area contributed by atoms with Crippen molar-refractivity contribution in [3.8, 4) is 28.6 Å². The van der Waals surface area contributed by atoms with Gasteiger partial charge >= 0.3 is 0 Å². The van der Waals surface area contributed by atoms with E-state index in [2.05, 4.69) is 45.3 Å². The number of hydrogen-bond acceptors (Lipinski definition) is 7. The summed E-state index contributed by atoms with van der Waals surface area (Å²) in [6.07, 6.45) is 7.93. The van der Waals surface area contributed by atoms with Gasteiger partial charge in [0.05, 0.1) is 16.9 Å². The van der Waals surface area contributed by atoms with Crippen LogP contribution in [0, 0.1) is 11.3 Å². The second kappa shape index (κ2) is 9.81. The van der Waals surface area contributed by atoms with Crippen LogP contribution in [0.2, 0.25) is 0 Å². The number of anilines is 1. The van der Waals surface area contributed by atoms with Gasteiger partial charge in [-0.2, -0.15) is 10.4 Å². The molecule has 1 saturated heterocycles. The van der Waals surface area contributed by atoms with E-state index in [0.717, 1.165) is 66.5 Å². The van der Waals surface area contributed by atoms with E-state index in [0.29, 0.717) is 17.8 Å². The first-order valence-corrected chi connectivity index (χ1v) is 11.5. The molecule has 0 amide bonds. The number of benzene rings is 1. The Hall–Kier alpha value is -4.09. The van der Waals surface area contributed by atoms with Crippen molar-refractivity contribution in [2.45, 2.75) is 19.9 Å². The maximum atomic E-state index is 9.76. The topological polar surface area (TPSA) is 95.6 Å². The van der Waals surface area contributed by atoms with E-state index in [-0.39, 0.29) is 0 Å². The first-order chi connectivity index (χ1) is 16.7. The lowest BCUT2D eigenvalue weighted by Gasteiger charge is -2.30. The van der Waals surface area contributed by atoms with E-state index >= 15 is 0 Å². The second-order valence-corrected chi connectivity index (χ2v) is 8.22. The Morgan fingerprint density at radius 2 is 2.00 bits per heavy atom. The van der Waals surface area contributed by atoms with Crippen LogP contribution in [0.5, 0.6) is 0 Å². The van der Waals surface area contributed by atoms with Crippen molar-refractivity contribution < 1.29 is 0 Å². The maximum Gasteiger partial charge on any atom is 0.133 e. The summed E-state index contributed by atoms with van der Waals surface area (Å²) in [6, 6.07) is 14.3. The van der Waals surface area contributed by atoms with Gasteiger partial charge in [0.15, 0.2) is 0 Å². The van der Waals surface area contributed by atoms with E-state index in [1.165, 1.54) is 0 Å². The number of nitrogens with zero attached hydrogens (tertiary/aromatic N) is 7. The zero-order valence-electron chi connectivity index (χ0n) is 19.1. The summed E-state index contributed by atoms with van der Waals surface area (Å²) < 4.78 is 1.91. The smallest absolute Gasteiger partial charge is 0.133 e. The summed E-state index contributed by atoms with van der Waals surface area (Å²) in [4.78, 5) is 15.9. The number of aromatic nitrogens is 5. The summed E-state index contributed by atoms with van der Waals surface area (Å²) in [5.74, 6) is 0.706. The van der Waals surface area contributed by atoms with Gasteiger partial charge < -0.3 is 10.2 Å². The predicted molar refractivity (Wildman–Crippen MR) is 131 cm³/mol. The Morgan fingerprint density at radius 1 is 1.12 bits per heavy atom. The Kier molecular flexibility index (Phi) is 6.27. The molecule has 8 nitrogen and oxygen atoms in total. The molecule has 5 rings (SSSR count). The van der Waals surface area contributed by atoms with Crippen molar-refractivity contribution in [3.05, 3.63) is 78.1 Å². The zero-order chi connectivity index (χ0) is 23.3. The van der Waals surface area contributed by atoms with Crippen LogP contribution in [0.3, 0.4) is 0 Å². The van der Waals surface area contributed by atoms with Gasteiger partial charge in [0.25, 0.3) is 0 Å². The molecule has 0 bridgehead atoms. The lowest BCUT2D eigenvalue weighted by Crippen LogP contribution is -2.43. The molecule has 1 aliphatic rings. The van der Waals surface area contributed by atoms with Crippen LogP contribution < -0.4 is 10.2 Å². The minimum atomic E-state index is 0.550. The highest BCUT2D eigenvalue weighted by molar-refractivity contribution is 5.78. The third-order valence-electron chi connectivity index (χ3n) is 6.00. The average Bonchev–Trinajstić information content (AvgIpc) is 3.35. The van der Waals surface area contributed by atoms with Gasteiger partial charge in [-0.05, 0) is 42.8 Å². The molecule has 170 valence electrons. The van der Waals surface area contributed by atoms with Crippen molar-refractivity contribution >= 4 is 5.69 Å². The fraction of sp³-hybridized carbons (Fsp3) is 0.269. The molecule has 1 fully saturated rings. The molecular formula is C26H26N8. The molecule has 0 aliphatic carbocycles. The van der Waals surface area contributed by atoms with E-state index in [4.69, 9.17) is 10.1 Å². The number of nitrogens with one attached hydrogen (secondary N) is 1. The van der Waals surface area contributed by atoms with Gasteiger partial charge in [-0.3, -0.25) is 9.67 Å². The van der Waals surface area contributed by atoms with Crippen LogP contribution in [-0.4, -0.2) is 50.9 Å². The number of aryl methyl sites for hydroxylation is 1. The molecule has 1 aromatic carbocycles. The molecule has 34 heavy (non-hydrogen) atoms. The standard InChI is InChI=1S/C26H26N8/c1-2-34-18-22(26(32-34)20-4-3-8-29-17-20)23-7-9-30-25(31-23)15-19-5-6-24(21(14-19)16-27)33-12-10-28-11-13-33/h3-9,14,17-18,28H,2,10-13,15H2,1H3. The summed E-state index contributed by atoms with van der Waals surface area (Å²) in [6.45, 7) is 6.51. The molecule has 0 saturated carbocycles. The second-order valence-electron chi connectivity index (χ2n) is 8.22. The Labute approximate surface area is 198 Å². The number of rotatable bonds is 6. The largest absolute Gasteiger partial charge is 0.368 e. The molecule has 3 aromatic heterocycles. The molecule has 8 heteroatoms. The molecule has 1 N–H and O–H groups in total. The van der Waals surface area contributed by atoms with Crippen LogP contribution >= 0.6 is 0 Å². The SMILES string of the molecule is CCn1cc(-c2ccnc(Cc3ccc(N4CCNCC4)c(C#N)c3)n2)c(-c2cccnc2)n1. The maximum absolute atomic E-state index is 9.76. The molecule has 0 unspecified atom stereocenters. The lowest BCUT2D eigenvalue weighted by molar-refractivity contribution is 0.589. The van der Waals surface area contributed by atoms with Gasteiger partial charge in [0, 0.05) is 75.1 Å². The van der Waals surface area contributed by atoms with E-state index in [1.54, 1.807) is 12.4 Å². The highest BCUT2D eigenvalue weighted by Crippen LogP contribution is 2.30. The van der Waals surface area contributed by atoms with Crippen molar-refractivity contribution in [2.75, 3.05) is 31.1 Å². The highest BCUT2D eigenvalue weighted by Gasteiger charge is 2.17. The molecular weight excluding hydrogens is 424 g/mol. The van der Waals surface area contributed by atoms with Crippen molar-refractivity contribution in [1.29, 1.82) is 5.26 Å². The van der Waals surface area contributed by atoms with Crippen molar-refractivity contribution in [3.63, 3.8) is 0 Å². The summed E-state index contributed by atoms with van der Waals surface area (Å²) in [7, 11) is 0. The first-order valence-electron chi connectivity index (χ1n) is 11.5. The van der Waals surface area contributed by atoms with Crippen LogP contribution in [0.1, 0.15) is 23.9 Å². The molecule has 1 aliphatic heterocycles. The molecule has 0 radical (unpaired) electrons. The van der Waals surface area contributed by atoms with Crippen LogP contribution in [0.15, 0.2) is 61.2 Å². The molecule has 0 atom stereocenters.